The number of hydrogen-bond acceptors (Lipinski definition) is 5. The van der Waals surface area contributed by atoms with Gasteiger partial charge in [0.05, 0.1) is 0 Å². The zero-order valence-electron chi connectivity index (χ0n) is 13.7. The van der Waals surface area contributed by atoms with E-state index in [0.717, 1.165) is 0 Å². The Morgan fingerprint density at radius 1 is 1.08 bits per heavy atom. The molecule has 126 valence electrons. The molecule has 0 aliphatic carbocycles. The summed E-state index contributed by atoms with van der Waals surface area (Å²) in [6.45, 7) is 2.98. The summed E-state index contributed by atoms with van der Waals surface area (Å²) in [7, 11) is 0. The molecule has 1 N–H and O–H groups in total. The third-order valence-corrected chi connectivity index (χ3v) is 4.90. The highest BCUT2D eigenvalue weighted by Gasteiger charge is 2.37. The minimum Gasteiger partial charge on any atom is -0.367 e. The summed E-state index contributed by atoms with van der Waals surface area (Å²) >= 11 is 1.37. The lowest BCUT2D eigenvalue weighted by Gasteiger charge is -2.31. The molecule has 0 spiro atoms. The third-order valence-electron chi connectivity index (χ3n) is 3.61. The number of nitrogens with one attached hydrogen (secondary N) is 1. The van der Waals surface area contributed by atoms with Crippen molar-refractivity contribution in [3.8, 4) is 0 Å². The average molecular weight is 344 g/mol. The number of thioether (sulfide) groups is 1. The van der Waals surface area contributed by atoms with E-state index in [1.165, 1.54) is 30.5 Å². The van der Waals surface area contributed by atoms with E-state index < -0.39 is 4.87 Å². The van der Waals surface area contributed by atoms with Crippen molar-refractivity contribution in [1.82, 2.24) is 10.2 Å². The summed E-state index contributed by atoms with van der Waals surface area (Å²) in [5.41, 5.74) is 0.604. The molecule has 0 radical (unpaired) electrons. The monoisotopic (exact) mass is 344 g/mol. The Morgan fingerprint density at radius 3 is 2.29 bits per heavy atom. The molecular weight excluding hydrogens is 324 g/mol. The van der Waals surface area contributed by atoms with Gasteiger partial charge in [-0.3, -0.25) is 19.3 Å². The van der Waals surface area contributed by atoms with E-state index in [0.29, 0.717) is 11.3 Å². The van der Waals surface area contributed by atoms with Crippen LogP contribution in [0.25, 0.3) is 0 Å². The summed E-state index contributed by atoms with van der Waals surface area (Å²) in [5, 5.41) is 3.12. The van der Waals surface area contributed by atoms with Gasteiger partial charge in [0.1, 0.15) is 0 Å². The summed E-state index contributed by atoms with van der Waals surface area (Å²) in [5.74, 6) is -0.203. The van der Waals surface area contributed by atoms with Crippen LogP contribution in [-0.4, -0.2) is 39.7 Å². The van der Waals surface area contributed by atoms with E-state index >= 15 is 0 Å². The number of carbonyl (C=O) groups is 3. The number of dihydropyridines is 1. The molecular formula is C18H20N2O3S. The van der Waals surface area contributed by atoms with Gasteiger partial charge in [0, 0.05) is 31.7 Å². The lowest BCUT2D eigenvalue weighted by atomic mass is 10.0. The molecule has 1 aromatic carbocycles. The molecule has 0 saturated heterocycles. The summed E-state index contributed by atoms with van der Waals surface area (Å²) < 4.78 is 0. The highest BCUT2D eigenvalue weighted by Crippen LogP contribution is 2.30. The second-order valence-electron chi connectivity index (χ2n) is 5.33. The normalized spacial score (nSPS) is 18.8. The lowest BCUT2D eigenvalue weighted by molar-refractivity contribution is -0.141. The van der Waals surface area contributed by atoms with Crippen LogP contribution in [0.3, 0.4) is 0 Å². The van der Waals surface area contributed by atoms with Crippen LogP contribution >= 0.6 is 11.8 Å². The van der Waals surface area contributed by atoms with Gasteiger partial charge in [0.2, 0.25) is 17.6 Å². The Kier molecular flexibility index (Phi) is 5.98. The topological polar surface area (TPSA) is 66.5 Å². The lowest BCUT2D eigenvalue weighted by Crippen LogP contribution is -2.47. The molecule has 2 rings (SSSR count). The average Bonchev–Trinajstić information content (AvgIpc) is 2.59. The van der Waals surface area contributed by atoms with Crippen LogP contribution in [0.2, 0.25) is 0 Å². The summed E-state index contributed by atoms with van der Waals surface area (Å²) in [6.07, 6.45) is 7.16. The van der Waals surface area contributed by atoms with Crippen molar-refractivity contribution in [2.75, 3.05) is 12.3 Å². The molecule has 0 fully saturated rings. The molecule has 1 unspecified atom stereocenters. The van der Waals surface area contributed by atoms with Crippen molar-refractivity contribution in [1.29, 1.82) is 0 Å². The minimum atomic E-state index is -0.935. The van der Waals surface area contributed by atoms with Crippen LogP contribution in [-0.2, 0) is 9.59 Å². The maximum Gasteiger partial charge on any atom is 0.226 e. The van der Waals surface area contributed by atoms with E-state index in [1.54, 1.807) is 24.4 Å². The molecule has 5 nitrogen and oxygen atoms in total. The molecule has 1 aliphatic rings. The first-order chi connectivity index (χ1) is 11.5. The predicted octanol–water partition coefficient (Wildman–Crippen LogP) is 2.37. The molecule has 1 atom stereocenters. The van der Waals surface area contributed by atoms with Crippen LogP contribution in [0.5, 0.6) is 0 Å². The molecule has 24 heavy (non-hydrogen) atoms. The molecule has 2 amide bonds. The van der Waals surface area contributed by atoms with E-state index in [9.17, 15) is 14.4 Å². The minimum absolute atomic E-state index is 0.0640. The van der Waals surface area contributed by atoms with Crippen molar-refractivity contribution >= 4 is 29.4 Å². The van der Waals surface area contributed by atoms with Crippen LogP contribution in [0, 0.1) is 0 Å². The van der Waals surface area contributed by atoms with Crippen molar-refractivity contribution in [2.24, 2.45) is 0 Å². The zero-order valence-corrected chi connectivity index (χ0v) is 14.5. The first-order valence-corrected chi connectivity index (χ1v) is 8.59. The SMILES string of the molecule is CC(=O)N(CCSC1(C(=O)c2ccccc2)C=CC=CN1)C(C)=O. The number of amides is 2. The Bertz CT molecular complexity index is 671. The molecule has 1 heterocycles. The molecule has 0 saturated carbocycles. The Hall–Kier alpha value is -2.34. The second kappa shape index (κ2) is 7.97. The predicted molar refractivity (Wildman–Crippen MR) is 95.4 cm³/mol. The number of carbonyl (C=O) groups excluding carboxylic acids is 3. The molecule has 1 aromatic rings. The van der Waals surface area contributed by atoms with E-state index in [4.69, 9.17) is 0 Å². The van der Waals surface area contributed by atoms with Gasteiger partial charge in [0.15, 0.2) is 4.87 Å². The van der Waals surface area contributed by atoms with Crippen molar-refractivity contribution in [2.45, 2.75) is 18.7 Å². The van der Waals surface area contributed by atoms with E-state index in [2.05, 4.69) is 5.32 Å². The molecule has 6 heteroatoms. The Morgan fingerprint density at radius 2 is 1.75 bits per heavy atom. The first kappa shape index (κ1) is 18.0. The maximum atomic E-state index is 12.9. The van der Waals surface area contributed by atoms with E-state index in [-0.39, 0.29) is 24.1 Å². The van der Waals surface area contributed by atoms with Crippen LogP contribution < -0.4 is 5.32 Å². The van der Waals surface area contributed by atoms with Gasteiger partial charge in [-0.15, -0.1) is 11.8 Å². The number of Topliss-reactive ketones (excluding diaryl/α,β-unsaturated/α-hetero) is 1. The number of benzene rings is 1. The van der Waals surface area contributed by atoms with Gasteiger partial charge in [-0.2, -0.15) is 0 Å². The van der Waals surface area contributed by atoms with Gasteiger partial charge < -0.3 is 5.32 Å². The fraction of sp³-hybridized carbons (Fsp3) is 0.278. The number of hydrogen-bond donors (Lipinski definition) is 1. The third kappa shape index (κ3) is 4.14. The zero-order chi connectivity index (χ0) is 17.6. The quantitative estimate of drug-likeness (QED) is 0.803. The Labute approximate surface area is 145 Å². The molecule has 0 aromatic heterocycles. The molecule has 0 bridgehead atoms. The van der Waals surface area contributed by atoms with Crippen LogP contribution in [0.1, 0.15) is 24.2 Å². The second-order valence-corrected chi connectivity index (χ2v) is 6.67. The number of nitrogens with zero attached hydrogens (tertiary/aromatic N) is 1. The standard InChI is InChI=1S/C18H20N2O3S/c1-14(21)20(15(2)22)12-13-24-18(10-6-7-11-19-18)17(23)16-8-4-3-5-9-16/h3-11,19H,12-13H2,1-2H3. The first-order valence-electron chi connectivity index (χ1n) is 7.61. The van der Waals surface area contributed by atoms with Crippen molar-refractivity contribution in [3.63, 3.8) is 0 Å². The van der Waals surface area contributed by atoms with Gasteiger partial charge in [-0.1, -0.05) is 36.4 Å². The van der Waals surface area contributed by atoms with Gasteiger partial charge in [-0.25, -0.2) is 0 Å². The van der Waals surface area contributed by atoms with Crippen LogP contribution in [0.4, 0.5) is 0 Å². The summed E-state index contributed by atoms with van der Waals surface area (Å²) in [4.78, 5) is 36.2. The smallest absolute Gasteiger partial charge is 0.226 e. The highest BCUT2D eigenvalue weighted by atomic mass is 32.2. The fourth-order valence-corrected chi connectivity index (χ4v) is 3.57. The maximum absolute atomic E-state index is 12.9. The van der Waals surface area contributed by atoms with Crippen molar-refractivity contribution in [3.05, 3.63) is 60.3 Å². The van der Waals surface area contributed by atoms with Gasteiger partial charge in [0.25, 0.3) is 0 Å². The summed E-state index contributed by atoms with van der Waals surface area (Å²) in [6, 6.07) is 9.05. The Balaban J connectivity index is 2.13. The van der Waals surface area contributed by atoms with Gasteiger partial charge in [-0.05, 0) is 18.4 Å². The van der Waals surface area contributed by atoms with Crippen molar-refractivity contribution < 1.29 is 14.4 Å². The van der Waals surface area contributed by atoms with E-state index in [1.807, 2.05) is 30.4 Å². The highest BCUT2D eigenvalue weighted by molar-refractivity contribution is 8.01. The number of rotatable bonds is 6. The fourth-order valence-electron chi connectivity index (χ4n) is 2.40. The largest absolute Gasteiger partial charge is 0.367 e. The number of imide groups is 1. The number of allylic oxidation sites excluding steroid dienone is 2. The molecule has 1 aliphatic heterocycles. The number of ketones is 1. The van der Waals surface area contributed by atoms with Gasteiger partial charge >= 0.3 is 0 Å². The van der Waals surface area contributed by atoms with Crippen LogP contribution in [0.15, 0.2) is 54.8 Å².